The highest BCUT2D eigenvalue weighted by Crippen LogP contribution is 2.51. The fourth-order valence-corrected chi connectivity index (χ4v) is 4.53. The van der Waals surface area contributed by atoms with E-state index in [9.17, 15) is 20.2 Å². The molecular formula is C13H25N7O5. The van der Waals surface area contributed by atoms with Crippen molar-refractivity contribution in [2.75, 3.05) is 13.2 Å². The number of aliphatic imine (C=N–C) groups is 1. The van der Waals surface area contributed by atoms with Gasteiger partial charge >= 0.3 is 6.09 Å². The predicted molar refractivity (Wildman–Crippen MR) is 84.8 cm³/mol. The Labute approximate surface area is 144 Å². The number of amides is 1. The zero-order valence-corrected chi connectivity index (χ0v) is 13.9. The minimum absolute atomic E-state index is 0.0560. The van der Waals surface area contributed by atoms with Crippen molar-refractivity contribution in [3.05, 3.63) is 0 Å². The predicted octanol–water partition coefficient (Wildman–Crippen LogP) is -3.41. The van der Waals surface area contributed by atoms with Crippen LogP contribution in [0.2, 0.25) is 0 Å². The van der Waals surface area contributed by atoms with Crippen molar-refractivity contribution in [3.8, 4) is 0 Å². The number of hydroxylamine groups is 2. The molecule has 0 aromatic rings. The highest BCUT2D eigenvalue weighted by molar-refractivity contribution is 5.82. The number of nitrogens with one attached hydrogen (secondary N) is 1. The number of carbonyl (C=O) groups is 1. The summed E-state index contributed by atoms with van der Waals surface area (Å²) in [6.07, 6.45) is -1.41. The minimum atomic E-state index is -1.45. The second-order valence-electron chi connectivity index (χ2n) is 6.86. The molecule has 0 bridgehead atoms. The summed E-state index contributed by atoms with van der Waals surface area (Å²) < 4.78 is 4.85. The minimum Gasteiger partial charge on any atom is -0.447 e. The molecule has 0 aliphatic carbocycles. The molecule has 3 heterocycles. The summed E-state index contributed by atoms with van der Waals surface area (Å²) in [5.41, 5.74) is 14.2. The smallest absolute Gasteiger partial charge is 0.404 e. The van der Waals surface area contributed by atoms with Crippen LogP contribution in [0.4, 0.5) is 4.79 Å². The van der Waals surface area contributed by atoms with Crippen LogP contribution in [0.1, 0.15) is 19.8 Å². The van der Waals surface area contributed by atoms with Gasteiger partial charge in [-0.3, -0.25) is 5.32 Å². The van der Waals surface area contributed by atoms with Crippen molar-refractivity contribution in [2.45, 2.75) is 55.4 Å². The summed E-state index contributed by atoms with van der Waals surface area (Å²) in [6.45, 7) is 1.26. The molecule has 1 amide bonds. The Morgan fingerprint density at radius 2 is 2.24 bits per heavy atom. The van der Waals surface area contributed by atoms with Gasteiger partial charge in [-0.15, -0.1) is 5.06 Å². The summed E-state index contributed by atoms with van der Waals surface area (Å²) in [5, 5.41) is 35.1. The van der Waals surface area contributed by atoms with Gasteiger partial charge in [-0.1, -0.05) is 0 Å². The van der Waals surface area contributed by atoms with Crippen LogP contribution in [0.3, 0.4) is 0 Å². The SMILES string of the molecule is CC1(O)CC(CCO)N2C(N)=NC(COC(N)=O)C3NC(N)N(O)C321. The average molecular weight is 359 g/mol. The monoisotopic (exact) mass is 359 g/mol. The third-order valence-corrected chi connectivity index (χ3v) is 5.34. The van der Waals surface area contributed by atoms with Gasteiger partial charge in [0.2, 0.25) is 0 Å². The maximum atomic E-state index is 11.2. The van der Waals surface area contributed by atoms with E-state index in [-0.39, 0.29) is 31.6 Å². The lowest BCUT2D eigenvalue weighted by molar-refractivity contribution is -0.260. The topological polar surface area (TPSA) is 196 Å². The van der Waals surface area contributed by atoms with Gasteiger partial charge in [-0.25, -0.2) is 9.79 Å². The first-order chi connectivity index (χ1) is 11.7. The highest BCUT2D eigenvalue weighted by atomic mass is 16.5. The molecular weight excluding hydrogens is 334 g/mol. The number of guanidine groups is 1. The molecule has 2 saturated heterocycles. The van der Waals surface area contributed by atoms with Crippen LogP contribution in [0.5, 0.6) is 0 Å². The zero-order valence-electron chi connectivity index (χ0n) is 13.9. The standard InChI is InChI=1S/C13H25N7O5/c1-12(23)4-6(2-3-21)19-9(14)17-7(5-25-11(16)22)8-13(12,19)20(24)10(15)18-8/h6-8,10,18,21,23-24H,2-5,15H2,1H3,(H2,14,17)(H2,16,22). The van der Waals surface area contributed by atoms with Gasteiger partial charge in [0, 0.05) is 19.1 Å². The average Bonchev–Trinajstić information content (AvgIpc) is 2.91. The van der Waals surface area contributed by atoms with E-state index in [0.717, 1.165) is 5.06 Å². The number of nitrogens with zero attached hydrogens (tertiary/aromatic N) is 3. The van der Waals surface area contributed by atoms with Crippen molar-refractivity contribution in [3.63, 3.8) is 0 Å². The lowest BCUT2D eigenvalue weighted by Crippen LogP contribution is -2.76. The van der Waals surface area contributed by atoms with Crippen LogP contribution in [0.15, 0.2) is 4.99 Å². The fourth-order valence-electron chi connectivity index (χ4n) is 4.53. The Kier molecular flexibility index (Phi) is 4.29. The van der Waals surface area contributed by atoms with Gasteiger partial charge < -0.3 is 42.3 Å². The molecule has 12 nitrogen and oxygen atoms in total. The molecule has 0 saturated carbocycles. The van der Waals surface area contributed by atoms with Crippen LogP contribution in [-0.2, 0) is 4.74 Å². The molecule has 25 heavy (non-hydrogen) atoms. The lowest BCUT2D eigenvalue weighted by atomic mass is 9.80. The van der Waals surface area contributed by atoms with Gasteiger partial charge in [0.15, 0.2) is 11.6 Å². The first-order valence-electron chi connectivity index (χ1n) is 8.04. The maximum Gasteiger partial charge on any atom is 0.404 e. The van der Waals surface area contributed by atoms with E-state index < -0.39 is 35.7 Å². The summed E-state index contributed by atoms with van der Waals surface area (Å²) in [4.78, 5) is 16.9. The van der Waals surface area contributed by atoms with Crippen molar-refractivity contribution < 1.29 is 25.0 Å². The van der Waals surface area contributed by atoms with Crippen molar-refractivity contribution in [1.82, 2.24) is 15.3 Å². The number of hydrogen-bond donors (Lipinski definition) is 7. The first-order valence-corrected chi connectivity index (χ1v) is 8.04. The van der Waals surface area contributed by atoms with E-state index >= 15 is 0 Å². The molecule has 12 heteroatoms. The van der Waals surface area contributed by atoms with E-state index in [4.69, 9.17) is 21.9 Å². The van der Waals surface area contributed by atoms with E-state index in [2.05, 4.69) is 10.3 Å². The van der Waals surface area contributed by atoms with E-state index in [1.165, 1.54) is 0 Å². The van der Waals surface area contributed by atoms with Gasteiger partial charge in [-0.2, -0.15) is 0 Å². The van der Waals surface area contributed by atoms with E-state index in [1.807, 2.05) is 0 Å². The normalized spacial score (nSPS) is 43.6. The molecule has 10 N–H and O–H groups in total. The number of nitrogens with two attached hydrogens (primary N) is 3. The van der Waals surface area contributed by atoms with Crippen molar-refractivity contribution in [2.24, 2.45) is 22.2 Å². The summed E-state index contributed by atoms with van der Waals surface area (Å²) in [6, 6.07) is -1.77. The quantitative estimate of drug-likeness (QED) is 0.265. The zero-order chi connectivity index (χ0) is 18.6. The van der Waals surface area contributed by atoms with Crippen LogP contribution in [0, 0.1) is 0 Å². The summed E-state index contributed by atoms with van der Waals surface area (Å²) >= 11 is 0. The van der Waals surface area contributed by atoms with Crippen LogP contribution < -0.4 is 22.5 Å². The Balaban J connectivity index is 2.08. The Hall–Kier alpha value is -1.70. The molecule has 6 unspecified atom stereocenters. The number of primary amides is 1. The number of carbonyl (C=O) groups excluding carboxylic acids is 1. The van der Waals surface area contributed by atoms with Crippen LogP contribution >= 0.6 is 0 Å². The van der Waals surface area contributed by atoms with E-state index in [0.29, 0.717) is 6.42 Å². The molecule has 3 aliphatic heterocycles. The molecule has 3 aliphatic rings. The van der Waals surface area contributed by atoms with E-state index in [1.54, 1.807) is 11.8 Å². The second-order valence-corrected chi connectivity index (χ2v) is 6.86. The van der Waals surface area contributed by atoms with Crippen LogP contribution in [0.25, 0.3) is 0 Å². The Bertz CT molecular complexity index is 587. The molecule has 0 aromatic heterocycles. The maximum absolute atomic E-state index is 11.2. The Morgan fingerprint density at radius 1 is 1.56 bits per heavy atom. The third-order valence-electron chi connectivity index (χ3n) is 5.34. The largest absolute Gasteiger partial charge is 0.447 e. The number of rotatable bonds is 4. The molecule has 1 spiro atoms. The molecule has 6 atom stereocenters. The molecule has 0 aromatic carbocycles. The summed E-state index contributed by atoms with van der Waals surface area (Å²) in [7, 11) is 0. The summed E-state index contributed by atoms with van der Waals surface area (Å²) in [5.74, 6) is 0.0560. The number of hydrogen-bond acceptors (Lipinski definition) is 11. The third kappa shape index (κ3) is 2.37. The van der Waals surface area contributed by atoms with Crippen molar-refractivity contribution >= 4 is 12.1 Å². The van der Waals surface area contributed by atoms with Gasteiger partial charge in [-0.05, 0) is 13.3 Å². The molecule has 2 fully saturated rings. The first kappa shape index (κ1) is 18.1. The molecule has 142 valence electrons. The number of aliphatic hydroxyl groups is 2. The molecule has 0 radical (unpaired) electrons. The van der Waals surface area contributed by atoms with Gasteiger partial charge in [0.1, 0.15) is 24.5 Å². The van der Waals surface area contributed by atoms with Crippen LogP contribution in [-0.4, -0.2) is 86.3 Å². The fraction of sp³-hybridized carbons (Fsp3) is 0.846. The lowest BCUT2D eigenvalue weighted by Gasteiger charge is -2.53. The molecule has 3 rings (SSSR count). The number of ether oxygens (including phenoxy) is 1. The van der Waals surface area contributed by atoms with Gasteiger partial charge in [0.25, 0.3) is 0 Å². The van der Waals surface area contributed by atoms with Crippen molar-refractivity contribution in [1.29, 1.82) is 0 Å². The second kappa shape index (κ2) is 5.93. The number of aliphatic hydroxyl groups excluding tert-OH is 1. The highest BCUT2D eigenvalue weighted by Gasteiger charge is 2.74. The van der Waals surface area contributed by atoms with Gasteiger partial charge in [0.05, 0.1) is 6.04 Å². The Morgan fingerprint density at radius 3 is 2.84 bits per heavy atom.